The number of hydrogen-bond acceptors (Lipinski definition) is 7. The number of aromatic nitrogens is 3. The largest absolute Gasteiger partial charge is 0.505 e. The summed E-state index contributed by atoms with van der Waals surface area (Å²) < 4.78 is 0. The fourth-order valence-corrected chi connectivity index (χ4v) is 4.44. The molecule has 1 aliphatic rings. The number of fused-ring (bicyclic) bond motifs is 1. The first-order chi connectivity index (χ1) is 16.0. The zero-order valence-corrected chi connectivity index (χ0v) is 19.1. The summed E-state index contributed by atoms with van der Waals surface area (Å²) >= 11 is 12.2. The van der Waals surface area contributed by atoms with Crippen LogP contribution in [-0.2, 0) is 0 Å². The third-order valence-corrected chi connectivity index (χ3v) is 6.21. The molecule has 4 N–H and O–H groups in total. The number of pyridine rings is 3. The molecule has 1 unspecified atom stereocenters. The minimum Gasteiger partial charge on any atom is -0.505 e. The van der Waals surface area contributed by atoms with Crippen LogP contribution in [0.15, 0.2) is 48.8 Å². The van der Waals surface area contributed by atoms with E-state index in [1.54, 1.807) is 24.5 Å². The number of benzene rings is 1. The van der Waals surface area contributed by atoms with E-state index in [-0.39, 0.29) is 21.8 Å². The molecule has 0 saturated carbocycles. The average Bonchev–Trinajstić information content (AvgIpc) is 2.83. The summed E-state index contributed by atoms with van der Waals surface area (Å²) in [4.78, 5) is 15.9. The summed E-state index contributed by atoms with van der Waals surface area (Å²) in [5.41, 5.74) is 10.3. The van der Waals surface area contributed by atoms with Crippen LogP contribution in [0.5, 0.6) is 5.75 Å². The van der Waals surface area contributed by atoms with Crippen LogP contribution in [0.3, 0.4) is 0 Å². The Morgan fingerprint density at radius 2 is 1.94 bits per heavy atom. The van der Waals surface area contributed by atoms with Gasteiger partial charge in [-0.2, -0.15) is 0 Å². The first-order valence-corrected chi connectivity index (χ1v) is 11.3. The monoisotopic (exact) mass is 479 g/mol. The van der Waals surface area contributed by atoms with E-state index in [1.165, 1.54) is 0 Å². The Morgan fingerprint density at radius 3 is 2.67 bits per heavy atom. The van der Waals surface area contributed by atoms with Crippen LogP contribution in [0.1, 0.15) is 12.8 Å². The van der Waals surface area contributed by atoms with Gasteiger partial charge in [-0.25, -0.2) is 9.97 Å². The zero-order chi connectivity index (χ0) is 22.9. The van der Waals surface area contributed by atoms with Crippen molar-refractivity contribution in [3.05, 3.63) is 64.9 Å². The van der Waals surface area contributed by atoms with Gasteiger partial charge in [-0.3, -0.25) is 4.98 Å². The van der Waals surface area contributed by atoms with E-state index in [0.717, 1.165) is 37.4 Å². The summed E-state index contributed by atoms with van der Waals surface area (Å²) in [6.07, 6.45) is 5.53. The zero-order valence-electron chi connectivity index (χ0n) is 17.6. The first-order valence-electron chi connectivity index (χ1n) is 10.6. The molecule has 4 aromatic rings. The Bertz CT molecular complexity index is 1290. The summed E-state index contributed by atoms with van der Waals surface area (Å²) in [5.74, 6) is 0.767. The Hall–Kier alpha value is -3.13. The lowest BCUT2D eigenvalue weighted by atomic mass is 10.1. The molecule has 1 aromatic carbocycles. The lowest BCUT2D eigenvalue weighted by Crippen LogP contribution is -2.43. The number of nitrogens with one attached hydrogen (secondary N) is 1. The number of anilines is 3. The van der Waals surface area contributed by atoms with Crippen molar-refractivity contribution >= 4 is 51.4 Å². The quantitative estimate of drug-likeness (QED) is 0.370. The highest BCUT2D eigenvalue weighted by molar-refractivity contribution is 6.37. The van der Waals surface area contributed by atoms with Gasteiger partial charge in [0.1, 0.15) is 11.3 Å². The van der Waals surface area contributed by atoms with E-state index < -0.39 is 0 Å². The molecule has 1 saturated heterocycles. The van der Waals surface area contributed by atoms with Gasteiger partial charge in [0, 0.05) is 37.0 Å². The van der Waals surface area contributed by atoms with E-state index in [0.29, 0.717) is 28.0 Å². The second kappa shape index (κ2) is 9.02. The van der Waals surface area contributed by atoms with Gasteiger partial charge in [0.15, 0.2) is 5.75 Å². The minimum atomic E-state index is -0.150. The number of hydrogen-bond donors (Lipinski definition) is 3. The van der Waals surface area contributed by atoms with Gasteiger partial charge in [0.25, 0.3) is 0 Å². The molecule has 0 aliphatic carbocycles. The highest BCUT2D eigenvalue weighted by atomic mass is 35.5. The summed E-state index contributed by atoms with van der Waals surface area (Å²) in [6.45, 7) is 1.79. The molecule has 33 heavy (non-hydrogen) atoms. The highest BCUT2D eigenvalue weighted by Crippen LogP contribution is 2.36. The number of nitrogens with zero attached hydrogens (tertiary/aromatic N) is 4. The van der Waals surface area contributed by atoms with Gasteiger partial charge in [-0.05, 0) is 49.2 Å². The Morgan fingerprint density at radius 1 is 1.12 bits per heavy atom. The second-order valence-electron chi connectivity index (χ2n) is 8.01. The summed E-state index contributed by atoms with van der Waals surface area (Å²) in [5, 5.41) is 13.5. The third-order valence-electron chi connectivity index (χ3n) is 5.63. The Labute approximate surface area is 201 Å². The third kappa shape index (κ3) is 4.53. The van der Waals surface area contributed by atoms with Gasteiger partial charge >= 0.3 is 0 Å². The van der Waals surface area contributed by atoms with Crippen molar-refractivity contribution in [1.29, 1.82) is 0 Å². The molecular weight excluding hydrogens is 459 g/mol. The lowest BCUT2D eigenvalue weighted by Gasteiger charge is -2.31. The molecule has 7 nitrogen and oxygen atoms in total. The van der Waals surface area contributed by atoms with Crippen LogP contribution >= 0.6 is 23.2 Å². The van der Waals surface area contributed by atoms with Crippen LogP contribution in [0.25, 0.3) is 22.3 Å². The van der Waals surface area contributed by atoms with Crippen LogP contribution in [0.2, 0.25) is 10.0 Å². The van der Waals surface area contributed by atoms with Crippen molar-refractivity contribution in [1.82, 2.24) is 15.0 Å². The predicted molar refractivity (Wildman–Crippen MR) is 132 cm³/mol. The van der Waals surface area contributed by atoms with Gasteiger partial charge in [0.05, 0.1) is 38.8 Å². The standard InChI is InChI=1S/C24H21Cl2N6O/c25-17-10-14(11-18(26)24(17)33)19-4-5-20-23(31-19)21(7-8-28-20)30-16-3-6-22(29-12-16)32-9-1-2-15(27)13-32/h3-6,8,10-12,15,33H,1-2,9,13,27H2,(H,28,30). The number of nitrogens with two attached hydrogens (primary N) is 1. The van der Waals surface area contributed by atoms with Gasteiger partial charge in [0.2, 0.25) is 0 Å². The van der Waals surface area contributed by atoms with Crippen LogP contribution in [-0.4, -0.2) is 39.2 Å². The number of phenols is 1. The van der Waals surface area contributed by atoms with Crippen LogP contribution < -0.4 is 16.0 Å². The number of aromatic hydroxyl groups is 1. The average molecular weight is 480 g/mol. The molecule has 0 amide bonds. The van der Waals surface area contributed by atoms with Gasteiger partial charge in [-0.15, -0.1) is 0 Å². The summed E-state index contributed by atoms with van der Waals surface area (Å²) in [7, 11) is 0. The molecule has 3 aromatic heterocycles. The van der Waals surface area contributed by atoms with Gasteiger partial charge < -0.3 is 21.1 Å². The van der Waals surface area contributed by atoms with Crippen molar-refractivity contribution < 1.29 is 5.11 Å². The highest BCUT2D eigenvalue weighted by Gasteiger charge is 2.18. The van der Waals surface area contributed by atoms with Crippen molar-refractivity contribution in [2.75, 3.05) is 23.3 Å². The van der Waals surface area contributed by atoms with Crippen LogP contribution in [0, 0.1) is 6.07 Å². The second-order valence-corrected chi connectivity index (χ2v) is 8.82. The molecule has 0 spiro atoms. The first kappa shape index (κ1) is 21.7. The van der Waals surface area contributed by atoms with Crippen molar-refractivity contribution in [3.8, 4) is 17.0 Å². The van der Waals surface area contributed by atoms with E-state index in [2.05, 4.69) is 26.3 Å². The maximum atomic E-state index is 9.85. The normalized spacial score (nSPS) is 16.2. The molecule has 1 atom stereocenters. The smallest absolute Gasteiger partial charge is 0.152 e. The Kier molecular flexibility index (Phi) is 5.93. The molecule has 1 aliphatic heterocycles. The van der Waals surface area contributed by atoms with Gasteiger partial charge in [-0.1, -0.05) is 23.2 Å². The Balaban J connectivity index is 1.44. The molecule has 4 heterocycles. The van der Waals surface area contributed by atoms with E-state index in [4.69, 9.17) is 33.9 Å². The molecule has 9 heteroatoms. The number of phenolic OH excluding ortho intramolecular Hbond substituents is 1. The van der Waals surface area contributed by atoms with E-state index >= 15 is 0 Å². The van der Waals surface area contributed by atoms with Crippen molar-refractivity contribution in [3.63, 3.8) is 0 Å². The van der Waals surface area contributed by atoms with E-state index in [9.17, 15) is 5.11 Å². The summed E-state index contributed by atoms with van der Waals surface area (Å²) in [6, 6.07) is 14.2. The molecule has 1 radical (unpaired) electrons. The molecule has 0 bridgehead atoms. The van der Waals surface area contributed by atoms with E-state index in [1.807, 2.05) is 24.3 Å². The topological polar surface area (TPSA) is 100 Å². The molecule has 1 fully saturated rings. The molecule has 167 valence electrons. The van der Waals surface area contributed by atoms with Crippen molar-refractivity contribution in [2.45, 2.75) is 18.9 Å². The number of rotatable bonds is 4. The fraction of sp³-hybridized carbons (Fsp3) is 0.208. The minimum absolute atomic E-state index is 0.150. The lowest BCUT2D eigenvalue weighted by molar-refractivity contribution is 0.476. The SMILES string of the molecule is NC1CCCN(c2ccc(Nc3[c]cnc4ccc(-c5cc(Cl)c(O)c(Cl)c5)nc34)cn2)C1. The van der Waals surface area contributed by atoms with Crippen molar-refractivity contribution in [2.24, 2.45) is 5.73 Å². The maximum Gasteiger partial charge on any atom is 0.152 e. The van der Waals surface area contributed by atoms with Crippen LogP contribution in [0.4, 0.5) is 17.2 Å². The maximum absolute atomic E-state index is 9.85. The fourth-order valence-electron chi connectivity index (χ4n) is 3.95. The molecular formula is C24H21Cl2N6O. The predicted octanol–water partition coefficient (Wildman–Crippen LogP) is 5.18. The molecule has 5 rings (SSSR count). The number of piperidine rings is 1. The number of halogens is 2.